The second-order valence-corrected chi connectivity index (χ2v) is 7.26. The van der Waals surface area contributed by atoms with E-state index in [2.05, 4.69) is 22.5 Å². The van der Waals surface area contributed by atoms with Crippen molar-refractivity contribution in [2.45, 2.75) is 52.0 Å². The van der Waals surface area contributed by atoms with Gasteiger partial charge in [-0.05, 0) is 69.1 Å². The summed E-state index contributed by atoms with van der Waals surface area (Å²) in [5, 5.41) is 7.04. The number of nitrogens with zero attached hydrogens (tertiary/aromatic N) is 1. The van der Waals surface area contributed by atoms with Crippen LogP contribution in [-0.2, 0) is 4.74 Å². The van der Waals surface area contributed by atoms with E-state index in [4.69, 9.17) is 17.0 Å². The van der Waals surface area contributed by atoms with Crippen molar-refractivity contribution in [1.29, 1.82) is 0 Å². The van der Waals surface area contributed by atoms with Gasteiger partial charge in [0.1, 0.15) is 0 Å². The first-order valence-corrected chi connectivity index (χ1v) is 9.93. The van der Waals surface area contributed by atoms with Gasteiger partial charge in [-0.3, -0.25) is 0 Å². The molecule has 0 radical (unpaired) electrons. The zero-order valence-corrected chi connectivity index (χ0v) is 17.0. The average molecular weight is 378 g/mol. The second kappa shape index (κ2) is 10.5. The van der Waals surface area contributed by atoms with Gasteiger partial charge < -0.3 is 20.3 Å². The fourth-order valence-electron chi connectivity index (χ4n) is 3.47. The molecule has 1 aromatic carbocycles. The van der Waals surface area contributed by atoms with Crippen LogP contribution in [0, 0.1) is 6.92 Å². The van der Waals surface area contributed by atoms with Crippen LogP contribution >= 0.6 is 12.2 Å². The molecule has 2 rings (SSSR count). The number of benzene rings is 1. The normalized spacial score (nSPS) is 17.6. The summed E-state index contributed by atoms with van der Waals surface area (Å²) in [4.78, 5) is 14.3. The van der Waals surface area contributed by atoms with Gasteiger partial charge in [0.2, 0.25) is 0 Å². The molecule has 0 aromatic heterocycles. The van der Waals surface area contributed by atoms with E-state index in [1.54, 1.807) is 12.1 Å². The number of piperidine rings is 1. The van der Waals surface area contributed by atoms with Crippen molar-refractivity contribution >= 4 is 29.0 Å². The molecule has 1 saturated heterocycles. The highest BCUT2D eigenvalue weighted by molar-refractivity contribution is 7.80. The van der Waals surface area contributed by atoms with Gasteiger partial charge in [-0.2, -0.15) is 0 Å². The van der Waals surface area contributed by atoms with Crippen LogP contribution in [0.15, 0.2) is 18.2 Å². The largest absolute Gasteiger partial charge is 0.465 e. The molecule has 0 saturated carbocycles. The van der Waals surface area contributed by atoms with Crippen molar-refractivity contribution in [1.82, 2.24) is 10.2 Å². The van der Waals surface area contributed by atoms with Gasteiger partial charge in [0, 0.05) is 24.8 Å². The van der Waals surface area contributed by atoms with Crippen molar-refractivity contribution in [2.24, 2.45) is 0 Å². The van der Waals surface area contributed by atoms with Gasteiger partial charge in [0.25, 0.3) is 0 Å². The quantitative estimate of drug-likeness (QED) is 0.429. The Morgan fingerprint density at radius 2 is 2.19 bits per heavy atom. The van der Waals surface area contributed by atoms with Gasteiger partial charge in [0.05, 0.1) is 12.7 Å². The minimum Gasteiger partial charge on any atom is -0.465 e. The summed E-state index contributed by atoms with van der Waals surface area (Å²) in [7, 11) is 1.38. The van der Waals surface area contributed by atoms with Gasteiger partial charge in [-0.1, -0.05) is 19.4 Å². The van der Waals surface area contributed by atoms with Crippen molar-refractivity contribution in [3.8, 4) is 0 Å². The van der Waals surface area contributed by atoms with E-state index in [0.717, 1.165) is 36.8 Å². The topological polar surface area (TPSA) is 53.6 Å². The van der Waals surface area contributed by atoms with E-state index in [9.17, 15) is 4.79 Å². The maximum Gasteiger partial charge on any atom is 0.337 e. The van der Waals surface area contributed by atoms with Gasteiger partial charge in [-0.25, -0.2) is 4.79 Å². The average Bonchev–Trinajstić information content (AvgIpc) is 2.66. The Kier molecular flexibility index (Phi) is 8.32. The molecule has 26 heavy (non-hydrogen) atoms. The summed E-state index contributed by atoms with van der Waals surface area (Å²) in [6.07, 6.45) is 6.33. The SMILES string of the molecule is CC[C@@H]1CCCCN1CCCNC(=S)Nc1cc(C(=O)OC)ccc1C. The Hall–Kier alpha value is -1.66. The molecule has 0 spiro atoms. The number of carbonyl (C=O) groups is 1. The van der Waals surface area contributed by atoms with Crippen LogP contribution in [0.3, 0.4) is 0 Å². The van der Waals surface area contributed by atoms with Gasteiger partial charge in [0.15, 0.2) is 5.11 Å². The van der Waals surface area contributed by atoms with Gasteiger partial charge in [-0.15, -0.1) is 0 Å². The molecule has 1 heterocycles. The van der Waals surface area contributed by atoms with Crippen LogP contribution in [0.25, 0.3) is 0 Å². The maximum atomic E-state index is 11.7. The van der Waals surface area contributed by atoms with E-state index >= 15 is 0 Å². The number of nitrogens with one attached hydrogen (secondary N) is 2. The van der Waals surface area contributed by atoms with Crippen molar-refractivity contribution in [2.75, 3.05) is 32.1 Å². The molecule has 0 aliphatic carbocycles. The van der Waals surface area contributed by atoms with Crippen molar-refractivity contribution in [3.05, 3.63) is 29.3 Å². The van der Waals surface area contributed by atoms with Crippen LogP contribution in [0.2, 0.25) is 0 Å². The Bertz CT molecular complexity index is 621. The fraction of sp³-hybridized carbons (Fsp3) is 0.600. The van der Waals surface area contributed by atoms with E-state index in [1.165, 1.54) is 39.3 Å². The summed E-state index contributed by atoms with van der Waals surface area (Å²) in [5.41, 5.74) is 2.37. The minimum atomic E-state index is -0.348. The monoisotopic (exact) mass is 377 g/mol. The number of esters is 1. The van der Waals surface area contributed by atoms with Crippen molar-refractivity contribution < 1.29 is 9.53 Å². The number of anilines is 1. The van der Waals surface area contributed by atoms with Crippen LogP contribution in [-0.4, -0.2) is 48.8 Å². The number of hydrogen-bond donors (Lipinski definition) is 2. The highest BCUT2D eigenvalue weighted by atomic mass is 32.1. The molecular weight excluding hydrogens is 346 g/mol. The van der Waals surface area contributed by atoms with E-state index in [-0.39, 0.29) is 5.97 Å². The molecular formula is C20H31N3O2S. The standard InChI is InChI=1S/C20H31N3O2S/c1-4-17-8-5-6-12-23(17)13-7-11-21-20(26)22-18-14-16(19(24)25-3)10-9-15(18)2/h9-10,14,17H,4-8,11-13H2,1-3H3,(H2,21,22,26)/t17-/m1/s1. The molecule has 6 heteroatoms. The number of likely N-dealkylation sites (tertiary alicyclic amines) is 1. The van der Waals surface area contributed by atoms with Gasteiger partial charge >= 0.3 is 5.97 Å². The summed E-state index contributed by atoms with van der Waals surface area (Å²) in [5.74, 6) is -0.348. The number of ether oxygens (including phenoxy) is 1. The lowest BCUT2D eigenvalue weighted by Gasteiger charge is -2.35. The number of thiocarbonyl (C=S) groups is 1. The van der Waals surface area contributed by atoms with Crippen LogP contribution in [0.1, 0.15) is 54.9 Å². The lowest BCUT2D eigenvalue weighted by atomic mass is 10.00. The van der Waals surface area contributed by atoms with E-state index in [0.29, 0.717) is 10.7 Å². The fourth-order valence-corrected chi connectivity index (χ4v) is 3.68. The zero-order valence-electron chi connectivity index (χ0n) is 16.1. The molecule has 2 N–H and O–H groups in total. The Morgan fingerprint density at radius 1 is 1.38 bits per heavy atom. The van der Waals surface area contributed by atoms with Crippen LogP contribution < -0.4 is 10.6 Å². The number of aryl methyl sites for hydroxylation is 1. The number of carbonyl (C=O) groups excluding carboxylic acids is 1. The molecule has 1 aliphatic heterocycles. The first-order valence-electron chi connectivity index (χ1n) is 9.53. The summed E-state index contributed by atoms with van der Waals surface area (Å²) in [6.45, 7) is 7.44. The molecule has 5 nitrogen and oxygen atoms in total. The molecule has 1 aliphatic rings. The second-order valence-electron chi connectivity index (χ2n) is 6.85. The highest BCUT2D eigenvalue weighted by Gasteiger charge is 2.19. The first-order chi connectivity index (χ1) is 12.5. The minimum absolute atomic E-state index is 0.348. The third kappa shape index (κ3) is 5.95. The van der Waals surface area contributed by atoms with E-state index in [1.807, 2.05) is 13.0 Å². The maximum absolute atomic E-state index is 11.7. The lowest BCUT2D eigenvalue weighted by molar-refractivity contribution is 0.0601. The summed E-state index contributed by atoms with van der Waals surface area (Å²) >= 11 is 5.40. The molecule has 0 bridgehead atoms. The number of hydrogen-bond acceptors (Lipinski definition) is 4. The number of rotatable bonds is 7. The predicted molar refractivity (Wildman–Crippen MR) is 111 cm³/mol. The van der Waals surface area contributed by atoms with Crippen molar-refractivity contribution in [3.63, 3.8) is 0 Å². The third-order valence-corrected chi connectivity index (χ3v) is 5.28. The molecule has 144 valence electrons. The van der Waals surface area contributed by atoms with Crippen LogP contribution in [0.4, 0.5) is 5.69 Å². The highest BCUT2D eigenvalue weighted by Crippen LogP contribution is 2.19. The van der Waals surface area contributed by atoms with Crippen LogP contribution in [0.5, 0.6) is 0 Å². The lowest BCUT2D eigenvalue weighted by Crippen LogP contribution is -2.41. The smallest absolute Gasteiger partial charge is 0.337 e. The van der Waals surface area contributed by atoms with E-state index < -0.39 is 0 Å². The molecule has 0 amide bonds. The molecule has 1 fully saturated rings. The summed E-state index contributed by atoms with van der Waals surface area (Å²) in [6, 6.07) is 6.16. The first kappa shape index (κ1) is 20.6. The molecule has 0 unspecified atom stereocenters. The Morgan fingerprint density at radius 3 is 2.92 bits per heavy atom. The zero-order chi connectivity index (χ0) is 18.9. The molecule has 1 atom stereocenters. The Balaban J connectivity index is 1.77. The predicted octanol–water partition coefficient (Wildman–Crippen LogP) is 3.72. The molecule has 1 aromatic rings. The Labute approximate surface area is 162 Å². The number of methoxy groups -OCH3 is 1. The summed E-state index contributed by atoms with van der Waals surface area (Å²) < 4.78 is 4.77. The third-order valence-electron chi connectivity index (χ3n) is 5.03.